The van der Waals surface area contributed by atoms with E-state index in [9.17, 15) is 4.79 Å². The lowest BCUT2D eigenvalue weighted by molar-refractivity contribution is -0.133. The summed E-state index contributed by atoms with van der Waals surface area (Å²) in [4.78, 5) is 18.4. The fourth-order valence-electron chi connectivity index (χ4n) is 2.04. The SMILES string of the molecule is CC(C)N(Cc1ccccn1)C(=O)CCNC1CC1. The maximum Gasteiger partial charge on any atom is 0.224 e. The lowest BCUT2D eigenvalue weighted by Gasteiger charge is -2.26. The van der Waals surface area contributed by atoms with Crippen LogP contribution in [-0.2, 0) is 11.3 Å². The summed E-state index contributed by atoms with van der Waals surface area (Å²) >= 11 is 0. The van der Waals surface area contributed by atoms with Crippen molar-refractivity contribution in [1.29, 1.82) is 0 Å². The molecule has 1 amide bonds. The third kappa shape index (κ3) is 4.63. The summed E-state index contributed by atoms with van der Waals surface area (Å²) in [7, 11) is 0. The van der Waals surface area contributed by atoms with Gasteiger partial charge in [-0.3, -0.25) is 9.78 Å². The highest BCUT2D eigenvalue weighted by molar-refractivity contribution is 5.76. The summed E-state index contributed by atoms with van der Waals surface area (Å²) in [6.45, 7) is 5.49. The molecule has 19 heavy (non-hydrogen) atoms. The van der Waals surface area contributed by atoms with Crippen molar-refractivity contribution in [3.63, 3.8) is 0 Å². The van der Waals surface area contributed by atoms with E-state index in [1.807, 2.05) is 23.1 Å². The number of nitrogens with one attached hydrogen (secondary N) is 1. The van der Waals surface area contributed by atoms with E-state index in [1.165, 1.54) is 12.8 Å². The predicted molar refractivity (Wildman–Crippen MR) is 75.6 cm³/mol. The number of amides is 1. The minimum Gasteiger partial charge on any atom is -0.334 e. The Labute approximate surface area is 115 Å². The van der Waals surface area contributed by atoms with E-state index in [1.54, 1.807) is 6.20 Å². The predicted octanol–water partition coefficient (Wildman–Crippen LogP) is 1.96. The van der Waals surface area contributed by atoms with Crippen LogP contribution < -0.4 is 5.32 Å². The van der Waals surface area contributed by atoms with Gasteiger partial charge in [0.1, 0.15) is 0 Å². The molecule has 0 radical (unpaired) electrons. The Morgan fingerprint density at radius 2 is 2.26 bits per heavy atom. The van der Waals surface area contributed by atoms with E-state index in [2.05, 4.69) is 24.1 Å². The van der Waals surface area contributed by atoms with Gasteiger partial charge in [-0.25, -0.2) is 0 Å². The van der Waals surface area contributed by atoms with Gasteiger partial charge in [0.15, 0.2) is 0 Å². The number of hydrogen-bond acceptors (Lipinski definition) is 3. The second kappa shape index (κ2) is 6.66. The summed E-state index contributed by atoms with van der Waals surface area (Å²) in [5.74, 6) is 0.203. The lowest BCUT2D eigenvalue weighted by atomic mass is 10.2. The van der Waals surface area contributed by atoms with Gasteiger partial charge in [-0.1, -0.05) is 6.07 Å². The van der Waals surface area contributed by atoms with Crippen LogP contribution in [0.15, 0.2) is 24.4 Å². The van der Waals surface area contributed by atoms with Crippen LogP contribution in [0.2, 0.25) is 0 Å². The lowest BCUT2D eigenvalue weighted by Crippen LogP contribution is -2.38. The van der Waals surface area contributed by atoms with Gasteiger partial charge >= 0.3 is 0 Å². The molecule has 0 atom stereocenters. The quantitative estimate of drug-likeness (QED) is 0.816. The Hall–Kier alpha value is -1.42. The molecule has 1 fully saturated rings. The zero-order valence-corrected chi connectivity index (χ0v) is 11.8. The maximum atomic E-state index is 12.2. The van der Waals surface area contributed by atoms with Crippen molar-refractivity contribution in [3.8, 4) is 0 Å². The largest absolute Gasteiger partial charge is 0.334 e. The van der Waals surface area contributed by atoms with Crippen LogP contribution in [-0.4, -0.2) is 34.4 Å². The van der Waals surface area contributed by atoms with Gasteiger partial charge in [0.05, 0.1) is 12.2 Å². The zero-order chi connectivity index (χ0) is 13.7. The van der Waals surface area contributed by atoms with Crippen LogP contribution in [0, 0.1) is 0 Å². The Kier molecular flexibility index (Phi) is 4.91. The van der Waals surface area contributed by atoms with E-state index >= 15 is 0 Å². The third-order valence-electron chi connectivity index (χ3n) is 3.35. The van der Waals surface area contributed by atoms with Crippen molar-refractivity contribution in [3.05, 3.63) is 30.1 Å². The monoisotopic (exact) mass is 261 g/mol. The molecule has 0 aliphatic heterocycles. The molecule has 4 heteroatoms. The van der Waals surface area contributed by atoms with E-state index < -0.39 is 0 Å². The van der Waals surface area contributed by atoms with Gasteiger partial charge in [0.2, 0.25) is 5.91 Å². The summed E-state index contributed by atoms with van der Waals surface area (Å²) < 4.78 is 0. The highest BCUT2D eigenvalue weighted by atomic mass is 16.2. The molecule has 0 unspecified atom stereocenters. The summed E-state index contributed by atoms with van der Waals surface area (Å²) in [6.07, 6.45) is 4.86. The first-order valence-corrected chi connectivity index (χ1v) is 7.09. The number of hydrogen-bond donors (Lipinski definition) is 1. The van der Waals surface area contributed by atoms with Crippen molar-refractivity contribution in [2.45, 2.75) is 51.7 Å². The van der Waals surface area contributed by atoms with Gasteiger partial charge in [-0.2, -0.15) is 0 Å². The molecule has 1 aromatic heterocycles. The van der Waals surface area contributed by atoms with Crippen LogP contribution >= 0.6 is 0 Å². The van der Waals surface area contributed by atoms with Gasteiger partial charge in [-0.15, -0.1) is 0 Å². The van der Waals surface area contributed by atoms with Gasteiger partial charge in [-0.05, 0) is 38.8 Å². The number of nitrogens with zero attached hydrogens (tertiary/aromatic N) is 2. The number of carbonyl (C=O) groups is 1. The standard InChI is InChI=1S/C15H23N3O/c1-12(2)18(11-14-5-3-4-9-16-14)15(19)8-10-17-13-6-7-13/h3-5,9,12-13,17H,6-8,10-11H2,1-2H3. The average Bonchev–Trinajstić information content (AvgIpc) is 3.21. The minimum atomic E-state index is 0.203. The Morgan fingerprint density at radius 3 is 2.84 bits per heavy atom. The summed E-state index contributed by atoms with van der Waals surface area (Å²) in [5, 5.41) is 3.38. The highest BCUT2D eigenvalue weighted by Crippen LogP contribution is 2.18. The molecular formula is C15H23N3O. The third-order valence-corrected chi connectivity index (χ3v) is 3.35. The first kappa shape index (κ1) is 14.0. The van der Waals surface area contributed by atoms with Crippen LogP contribution in [0.3, 0.4) is 0 Å². The molecular weight excluding hydrogens is 238 g/mol. The number of rotatable bonds is 7. The average molecular weight is 261 g/mol. The molecule has 1 saturated carbocycles. The molecule has 0 spiro atoms. The molecule has 1 aliphatic carbocycles. The first-order valence-electron chi connectivity index (χ1n) is 7.09. The number of aromatic nitrogens is 1. The Balaban J connectivity index is 1.85. The van der Waals surface area contributed by atoms with Gasteiger partial charge in [0.25, 0.3) is 0 Å². The summed E-state index contributed by atoms with van der Waals surface area (Å²) in [6, 6.07) is 6.68. The second-order valence-corrected chi connectivity index (χ2v) is 5.41. The maximum absolute atomic E-state index is 12.2. The van der Waals surface area contributed by atoms with Crippen molar-refractivity contribution >= 4 is 5.91 Å². The highest BCUT2D eigenvalue weighted by Gasteiger charge is 2.22. The molecule has 2 rings (SSSR count). The van der Waals surface area contributed by atoms with Crippen molar-refractivity contribution in [2.24, 2.45) is 0 Å². The fourth-order valence-corrected chi connectivity index (χ4v) is 2.04. The smallest absolute Gasteiger partial charge is 0.224 e. The number of carbonyl (C=O) groups excluding carboxylic acids is 1. The van der Waals surface area contributed by atoms with Crippen LogP contribution in [0.1, 0.15) is 38.8 Å². The van der Waals surface area contributed by atoms with Gasteiger partial charge in [0, 0.05) is 31.2 Å². The number of pyridine rings is 1. The van der Waals surface area contributed by atoms with Crippen molar-refractivity contribution < 1.29 is 4.79 Å². The fraction of sp³-hybridized carbons (Fsp3) is 0.600. The molecule has 1 N–H and O–H groups in total. The summed E-state index contributed by atoms with van der Waals surface area (Å²) in [5.41, 5.74) is 0.944. The normalized spacial score (nSPS) is 14.7. The molecule has 0 aromatic carbocycles. The topological polar surface area (TPSA) is 45.2 Å². The van der Waals surface area contributed by atoms with Crippen LogP contribution in [0.5, 0.6) is 0 Å². The molecule has 0 saturated heterocycles. The van der Waals surface area contributed by atoms with Crippen LogP contribution in [0.4, 0.5) is 0 Å². The molecule has 1 heterocycles. The minimum absolute atomic E-state index is 0.203. The Bertz CT molecular complexity index is 401. The van der Waals surface area contributed by atoms with Crippen molar-refractivity contribution in [1.82, 2.24) is 15.2 Å². The Morgan fingerprint density at radius 1 is 1.47 bits per heavy atom. The molecule has 1 aromatic rings. The van der Waals surface area contributed by atoms with E-state index in [-0.39, 0.29) is 11.9 Å². The van der Waals surface area contributed by atoms with E-state index in [0.717, 1.165) is 12.2 Å². The van der Waals surface area contributed by atoms with E-state index in [0.29, 0.717) is 19.0 Å². The molecule has 4 nitrogen and oxygen atoms in total. The molecule has 1 aliphatic rings. The van der Waals surface area contributed by atoms with Gasteiger partial charge < -0.3 is 10.2 Å². The van der Waals surface area contributed by atoms with Crippen molar-refractivity contribution in [2.75, 3.05) is 6.54 Å². The molecule has 0 bridgehead atoms. The molecule has 104 valence electrons. The second-order valence-electron chi connectivity index (χ2n) is 5.41. The van der Waals surface area contributed by atoms with E-state index in [4.69, 9.17) is 0 Å². The zero-order valence-electron chi connectivity index (χ0n) is 11.8. The first-order chi connectivity index (χ1) is 9.16. The van der Waals surface area contributed by atoms with Crippen LogP contribution in [0.25, 0.3) is 0 Å².